The van der Waals surface area contributed by atoms with E-state index >= 15 is 0 Å². The fraction of sp³-hybridized carbons (Fsp3) is 0.429. The van der Waals surface area contributed by atoms with Crippen LogP contribution < -0.4 is 10.6 Å². The second-order valence-electron chi connectivity index (χ2n) is 5.10. The molecule has 0 heterocycles. The lowest BCUT2D eigenvalue weighted by Gasteiger charge is -2.26. The molecular formula is C14H17FN2O4. The molecule has 1 aromatic carbocycles. The van der Waals surface area contributed by atoms with Crippen molar-refractivity contribution < 1.29 is 24.2 Å². The molecule has 114 valence electrons. The Morgan fingerprint density at radius 2 is 1.86 bits per heavy atom. The Kier molecular flexibility index (Phi) is 4.74. The number of carboxylic acid groups (broad SMARTS) is 1. The molecule has 4 N–H and O–H groups in total. The van der Waals surface area contributed by atoms with Gasteiger partial charge in [-0.1, -0.05) is 0 Å². The van der Waals surface area contributed by atoms with Crippen molar-refractivity contribution in [2.75, 3.05) is 5.32 Å². The molecule has 1 saturated carbocycles. The van der Waals surface area contributed by atoms with Gasteiger partial charge in [0.2, 0.25) is 0 Å². The van der Waals surface area contributed by atoms with E-state index in [4.69, 9.17) is 5.11 Å². The number of anilines is 1. The predicted molar refractivity (Wildman–Crippen MR) is 73.8 cm³/mol. The second kappa shape index (κ2) is 6.53. The SMILES string of the molecule is O=C(Nc1cc(F)ccc1C(=O)O)NC1CCC(O)CC1. The van der Waals surface area contributed by atoms with Gasteiger partial charge in [0.05, 0.1) is 17.4 Å². The minimum Gasteiger partial charge on any atom is -0.478 e. The average molecular weight is 296 g/mol. The standard InChI is InChI=1S/C14H17FN2O4/c15-8-1-6-11(13(19)20)12(7-8)17-14(21)16-9-2-4-10(18)5-3-9/h1,6-7,9-10,18H,2-5H2,(H,19,20)(H2,16,17,21). The molecule has 0 atom stereocenters. The molecule has 0 spiro atoms. The van der Waals surface area contributed by atoms with Crippen LogP contribution in [-0.4, -0.2) is 34.4 Å². The zero-order chi connectivity index (χ0) is 15.4. The molecule has 1 aliphatic carbocycles. The number of aliphatic hydroxyl groups excluding tert-OH is 1. The summed E-state index contributed by atoms with van der Waals surface area (Å²) < 4.78 is 13.2. The van der Waals surface area contributed by atoms with Crippen LogP contribution in [0.3, 0.4) is 0 Å². The van der Waals surface area contributed by atoms with Crippen LogP contribution in [-0.2, 0) is 0 Å². The van der Waals surface area contributed by atoms with E-state index in [0.717, 1.165) is 18.2 Å². The summed E-state index contributed by atoms with van der Waals surface area (Å²) >= 11 is 0. The molecule has 2 rings (SSSR count). The Bertz CT molecular complexity index is 542. The van der Waals surface area contributed by atoms with Gasteiger partial charge in [0.1, 0.15) is 5.82 Å². The van der Waals surface area contributed by atoms with Gasteiger partial charge in [-0.05, 0) is 43.9 Å². The molecule has 0 bridgehead atoms. The highest BCUT2D eigenvalue weighted by molar-refractivity contribution is 6.00. The molecular weight excluding hydrogens is 279 g/mol. The van der Waals surface area contributed by atoms with Gasteiger partial charge < -0.3 is 20.8 Å². The fourth-order valence-corrected chi connectivity index (χ4v) is 2.37. The number of carbonyl (C=O) groups excluding carboxylic acids is 1. The van der Waals surface area contributed by atoms with Gasteiger partial charge >= 0.3 is 12.0 Å². The van der Waals surface area contributed by atoms with Crippen LogP contribution in [0.1, 0.15) is 36.0 Å². The zero-order valence-corrected chi connectivity index (χ0v) is 11.3. The van der Waals surface area contributed by atoms with E-state index in [1.165, 1.54) is 0 Å². The number of urea groups is 1. The normalized spacial score (nSPS) is 21.6. The summed E-state index contributed by atoms with van der Waals surface area (Å²) in [6.45, 7) is 0. The lowest BCUT2D eigenvalue weighted by molar-refractivity contribution is 0.0698. The number of halogens is 1. The van der Waals surface area contributed by atoms with E-state index in [2.05, 4.69) is 10.6 Å². The Hall–Kier alpha value is -2.15. The molecule has 7 heteroatoms. The number of aromatic carboxylic acids is 1. The number of hydrogen-bond donors (Lipinski definition) is 4. The fourth-order valence-electron chi connectivity index (χ4n) is 2.37. The molecule has 0 radical (unpaired) electrons. The summed E-state index contributed by atoms with van der Waals surface area (Å²) in [6.07, 6.45) is 2.22. The van der Waals surface area contributed by atoms with Crippen molar-refractivity contribution in [2.45, 2.75) is 37.8 Å². The number of nitrogens with one attached hydrogen (secondary N) is 2. The molecule has 0 aromatic heterocycles. The van der Waals surface area contributed by atoms with Gasteiger partial charge in [0.15, 0.2) is 0 Å². The Balaban J connectivity index is 1.99. The topological polar surface area (TPSA) is 98.7 Å². The molecule has 0 unspecified atom stereocenters. The minimum absolute atomic E-state index is 0.0739. The molecule has 1 aromatic rings. The van der Waals surface area contributed by atoms with E-state index in [-0.39, 0.29) is 23.4 Å². The van der Waals surface area contributed by atoms with Gasteiger partial charge in [0.25, 0.3) is 0 Å². The largest absolute Gasteiger partial charge is 0.478 e. The zero-order valence-electron chi connectivity index (χ0n) is 11.3. The van der Waals surface area contributed by atoms with Gasteiger partial charge in [-0.15, -0.1) is 0 Å². The van der Waals surface area contributed by atoms with Crippen LogP contribution in [0.2, 0.25) is 0 Å². The van der Waals surface area contributed by atoms with Crippen LogP contribution in [0.4, 0.5) is 14.9 Å². The maximum atomic E-state index is 13.2. The lowest BCUT2D eigenvalue weighted by Crippen LogP contribution is -2.41. The number of amides is 2. The van der Waals surface area contributed by atoms with Crippen LogP contribution in [0.5, 0.6) is 0 Å². The van der Waals surface area contributed by atoms with Gasteiger partial charge in [0, 0.05) is 6.04 Å². The molecule has 0 saturated heterocycles. The minimum atomic E-state index is -1.24. The number of benzene rings is 1. The maximum absolute atomic E-state index is 13.2. The highest BCUT2D eigenvalue weighted by Crippen LogP contribution is 2.20. The summed E-state index contributed by atoms with van der Waals surface area (Å²) in [4.78, 5) is 22.9. The van der Waals surface area contributed by atoms with Gasteiger partial charge in [-0.3, -0.25) is 0 Å². The molecule has 2 amide bonds. The van der Waals surface area contributed by atoms with Crippen molar-refractivity contribution in [3.05, 3.63) is 29.6 Å². The summed E-state index contributed by atoms with van der Waals surface area (Å²) in [6, 6.07) is 2.44. The van der Waals surface area contributed by atoms with Gasteiger partial charge in [-0.25, -0.2) is 14.0 Å². The van der Waals surface area contributed by atoms with Crippen LogP contribution >= 0.6 is 0 Å². The average Bonchev–Trinajstić information content (AvgIpc) is 2.41. The van der Waals surface area contributed by atoms with E-state index in [0.29, 0.717) is 25.7 Å². The van der Waals surface area contributed by atoms with Gasteiger partial charge in [-0.2, -0.15) is 0 Å². The van der Waals surface area contributed by atoms with E-state index in [9.17, 15) is 19.1 Å². The third kappa shape index (κ3) is 4.16. The van der Waals surface area contributed by atoms with Crippen molar-refractivity contribution >= 4 is 17.7 Å². The van der Waals surface area contributed by atoms with Crippen molar-refractivity contribution in [2.24, 2.45) is 0 Å². The van der Waals surface area contributed by atoms with Crippen molar-refractivity contribution in [1.82, 2.24) is 5.32 Å². The third-order valence-corrected chi connectivity index (χ3v) is 3.49. The summed E-state index contributed by atoms with van der Waals surface area (Å²) in [5.74, 6) is -1.87. The highest BCUT2D eigenvalue weighted by Gasteiger charge is 2.21. The van der Waals surface area contributed by atoms with E-state index in [1.54, 1.807) is 0 Å². The molecule has 21 heavy (non-hydrogen) atoms. The van der Waals surface area contributed by atoms with E-state index in [1.807, 2.05) is 0 Å². The predicted octanol–water partition coefficient (Wildman–Crippen LogP) is 1.95. The molecule has 1 fully saturated rings. The number of aliphatic hydroxyl groups is 1. The lowest BCUT2D eigenvalue weighted by atomic mass is 9.93. The third-order valence-electron chi connectivity index (χ3n) is 3.49. The second-order valence-corrected chi connectivity index (χ2v) is 5.10. The van der Waals surface area contributed by atoms with Crippen molar-refractivity contribution in [1.29, 1.82) is 0 Å². The van der Waals surface area contributed by atoms with E-state index < -0.39 is 17.8 Å². The maximum Gasteiger partial charge on any atom is 0.337 e. The van der Waals surface area contributed by atoms with Crippen LogP contribution in [0.25, 0.3) is 0 Å². The smallest absolute Gasteiger partial charge is 0.337 e. The first kappa shape index (κ1) is 15.2. The van der Waals surface area contributed by atoms with Crippen LogP contribution in [0, 0.1) is 5.82 Å². The number of carboxylic acids is 1. The summed E-state index contributed by atoms with van der Waals surface area (Å²) in [7, 11) is 0. The molecule has 6 nitrogen and oxygen atoms in total. The number of hydrogen-bond acceptors (Lipinski definition) is 3. The molecule has 1 aliphatic rings. The Morgan fingerprint density at radius 1 is 1.19 bits per heavy atom. The van der Waals surface area contributed by atoms with Crippen molar-refractivity contribution in [3.8, 4) is 0 Å². The van der Waals surface area contributed by atoms with Crippen molar-refractivity contribution in [3.63, 3.8) is 0 Å². The highest BCUT2D eigenvalue weighted by atomic mass is 19.1. The molecule has 0 aliphatic heterocycles. The number of carbonyl (C=O) groups is 2. The monoisotopic (exact) mass is 296 g/mol. The van der Waals surface area contributed by atoms with Crippen LogP contribution in [0.15, 0.2) is 18.2 Å². The summed E-state index contributed by atoms with van der Waals surface area (Å²) in [5.41, 5.74) is -0.263. The summed E-state index contributed by atoms with van der Waals surface area (Å²) in [5, 5.41) is 23.4. The first-order chi connectivity index (χ1) is 9.95. The number of rotatable bonds is 3. The first-order valence-corrected chi connectivity index (χ1v) is 6.74. The first-order valence-electron chi connectivity index (χ1n) is 6.74. The Morgan fingerprint density at radius 3 is 2.48 bits per heavy atom. The Labute approximate surface area is 121 Å². The quantitative estimate of drug-likeness (QED) is 0.685.